The van der Waals surface area contributed by atoms with E-state index in [2.05, 4.69) is 4.98 Å². The third-order valence-corrected chi connectivity index (χ3v) is 2.75. The highest BCUT2D eigenvalue weighted by molar-refractivity contribution is 6.17. The van der Waals surface area contributed by atoms with Gasteiger partial charge in [0.25, 0.3) is 0 Å². The molecule has 0 saturated heterocycles. The zero-order chi connectivity index (χ0) is 12.1. The minimum Gasteiger partial charge on any atom is -0.488 e. The zero-order valence-electron chi connectivity index (χ0n) is 9.69. The third kappa shape index (κ3) is 3.21. The molecule has 0 unspecified atom stereocenters. The number of halogens is 1. The quantitative estimate of drug-likeness (QED) is 0.769. The molecule has 0 aliphatic rings. The molecule has 0 bridgehead atoms. The van der Waals surface area contributed by atoms with E-state index < -0.39 is 0 Å². The number of benzene rings is 1. The molecule has 1 heterocycles. The van der Waals surface area contributed by atoms with Crippen LogP contribution in [0.5, 0.6) is 5.75 Å². The molecule has 0 atom stereocenters. The van der Waals surface area contributed by atoms with E-state index in [0.717, 1.165) is 22.6 Å². The standard InChI is InChI=1S/C14H14ClNO/c1-11-7-14(13(8-15)9-16-11)17-10-12-5-3-2-4-6-12/h2-7,9H,8,10H2,1H3. The molecular formula is C14H14ClNO. The van der Waals surface area contributed by atoms with Gasteiger partial charge in [0.1, 0.15) is 12.4 Å². The highest BCUT2D eigenvalue weighted by Crippen LogP contribution is 2.21. The predicted molar refractivity (Wildman–Crippen MR) is 69.3 cm³/mol. The molecule has 0 fully saturated rings. The van der Waals surface area contributed by atoms with Crippen molar-refractivity contribution in [2.24, 2.45) is 0 Å². The first kappa shape index (κ1) is 11.9. The average molecular weight is 248 g/mol. The smallest absolute Gasteiger partial charge is 0.127 e. The minimum atomic E-state index is 0.414. The Morgan fingerprint density at radius 1 is 1.24 bits per heavy atom. The number of nitrogens with zero attached hydrogens (tertiary/aromatic N) is 1. The lowest BCUT2D eigenvalue weighted by Gasteiger charge is -2.10. The molecule has 0 N–H and O–H groups in total. The van der Waals surface area contributed by atoms with Gasteiger partial charge in [-0.2, -0.15) is 0 Å². The van der Waals surface area contributed by atoms with E-state index >= 15 is 0 Å². The normalized spacial score (nSPS) is 10.2. The summed E-state index contributed by atoms with van der Waals surface area (Å²) in [4.78, 5) is 4.20. The molecular weight excluding hydrogens is 234 g/mol. The summed E-state index contributed by atoms with van der Waals surface area (Å²) in [5.41, 5.74) is 3.00. The van der Waals surface area contributed by atoms with E-state index in [1.807, 2.05) is 43.3 Å². The number of hydrogen-bond acceptors (Lipinski definition) is 2. The molecule has 2 rings (SSSR count). The highest BCUT2D eigenvalue weighted by atomic mass is 35.5. The van der Waals surface area contributed by atoms with Crippen LogP contribution in [0.25, 0.3) is 0 Å². The molecule has 0 aliphatic carbocycles. The zero-order valence-corrected chi connectivity index (χ0v) is 10.4. The summed E-state index contributed by atoms with van der Waals surface area (Å²) in [5, 5.41) is 0. The van der Waals surface area contributed by atoms with Gasteiger partial charge < -0.3 is 4.74 Å². The van der Waals surface area contributed by atoms with E-state index in [9.17, 15) is 0 Å². The van der Waals surface area contributed by atoms with E-state index in [1.165, 1.54) is 0 Å². The number of alkyl halides is 1. The first-order chi connectivity index (χ1) is 8.29. The van der Waals surface area contributed by atoms with Gasteiger partial charge in [0.05, 0.1) is 5.88 Å². The van der Waals surface area contributed by atoms with Crippen molar-refractivity contribution in [2.45, 2.75) is 19.4 Å². The number of aryl methyl sites for hydroxylation is 1. The fourth-order valence-corrected chi connectivity index (χ4v) is 1.73. The van der Waals surface area contributed by atoms with Crippen molar-refractivity contribution < 1.29 is 4.74 Å². The first-order valence-electron chi connectivity index (χ1n) is 5.48. The van der Waals surface area contributed by atoms with E-state index in [-0.39, 0.29) is 0 Å². The average Bonchev–Trinajstić information content (AvgIpc) is 2.38. The van der Waals surface area contributed by atoms with Gasteiger partial charge in [-0.3, -0.25) is 4.98 Å². The Balaban J connectivity index is 2.11. The van der Waals surface area contributed by atoms with Crippen molar-refractivity contribution in [1.29, 1.82) is 0 Å². The minimum absolute atomic E-state index is 0.414. The Kier molecular flexibility index (Phi) is 3.99. The van der Waals surface area contributed by atoms with E-state index in [4.69, 9.17) is 16.3 Å². The lowest BCUT2D eigenvalue weighted by atomic mass is 10.2. The van der Waals surface area contributed by atoms with Gasteiger partial charge in [-0.25, -0.2) is 0 Å². The van der Waals surface area contributed by atoms with E-state index in [0.29, 0.717) is 12.5 Å². The Bertz CT molecular complexity index is 485. The molecule has 0 aliphatic heterocycles. The molecule has 0 radical (unpaired) electrons. The van der Waals surface area contributed by atoms with Crippen LogP contribution in [0.1, 0.15) is 16.8 Å². The number of hydrogen-bond donors (Lipinski definition) is 0. The van der Waals surface area contributed by atoms with Crippen molar-refractivity contribution >= 4 is 11.6 Å². The van der Waals surface area contributed by atoms with Crippen LogP contribution < -0.4 is 4.74 Å². The van der Waals surface area contributed by atoms with Crippen molar-refractivity contribution in [2.75, 3.05) is 0 Å². The van der Waals surface area contributed by atoms with Crippen LogP contribution in [0, 0.1) is 6.92 Å². The maximum atomic E-state index is 5.85. The van der Waals surface area contributed by atoms with Gasteiger partial charge in [0.2, 0.25) is 0 Å². The summed E-state index contributed by atoms with van der Waals surface area (Å²) in [6.07, 6.45) is 1.77. The largest absolute Gasteiger partial charge is 0.488 e. The van der Waals surface area contributed by atoms with Gasteiger partial charge in [0.15, 0.2) is 0 Å². The summed E-state index contributed by atoms with van der Waals surface area (Å²) < 4.78 is 5.77. The lowest BCUT2D eigenvalue weighted by Crippen LogP contribution is -1.99. The molecule has 17 heavy (non-hydrogen) atoms. The fraction of sp³-hybridized carbons (Fsp3) is 0.214. The van der Waals surface area contributed by atoms with Gasteiger partial charge >= 0.3 is 0 Å². The van der Waals surface area contributed by atoms with Crippen LogP contribution in [-0.4, -0.2) is 4.98 Å². The predicted octanol–water partition coefficient (Wildman–Crippen LogP) is 3.71. The Hall–Kier alpha value is -1.54. The Labute approximate surface area is 106 Å². The molecule has 0 spiro atoms. The number of ether oxygens (including phenoxy) is 1. The van der Waals surface area contributed by atoms with Crippen molar-refractivity contribution in [3.8, 4) is 5.75 Å². The second-order valence-electron chi connectivity index (χ2n) is 3.84. The van der Waals surface area contributed by atoms with Gasteiger partial charge in [-0.1, -0.05) is 30.3 Å². The summed E-state index contributed by atoms with van der Waals surface area (Å²) in [6, 6.07) is 12.0. The molecule has 0 amide bonds. The summed E-state index contributed by atoms with van der Waals surface area (Å²) in [6.45, 7) is 2.49. The summed E-state index contributed by atoms with van der Waals surface area (Å²) >= 11 is 5.85. The van der Waals surface area contributed by atoms with Crippen molar-refractivity contribution in [3.05, 3.63) is 59.4 Å². The second kappa shape index (κ2) is 5.69. The molecule has 2 nitrogen and oxygen atoms in total. The molecule has 2 aromatic rings. The topological polar surface area (TPSA) is 22.1 Å². The van der Waals surface area contributed by atoms with E-state index in [1.54, 1.807) is 6.20 Å². The van der Waals surface area contributed by atoms with Crippen LogP contribution in [0.2, 0.25) is 0 Å². The van der Waals surface area contributed by atoms with Crippen LogP contribution in [0.15, 0.2) is 42.6 Å². The van der Waals surface area contributed by atoms with Gasteiger partial charge in [-0.05, 0) is 12.5 Å². The summed E-state index contributed by atoms with van der Waals surface area (Å²) in [7, 11) is 0. The maximum Gasteiger partial charge on any atom is 0.127 e. The Morgan fingerprint density at radius 2 is 2.00 bits per heavy atom. The molecule has 88 valence electrons. The monoisotopic (exact) mass is 247 g/mol. The number of pyridine rings is 1. The first-order valence-corrected chi connectivity index (χ1v) is 6.01. The number of rotatable bonds is 4. The lowest BCUT2D eigenvalue weighted by molar-refractivity contribution is 0.303. The highest BCUT2D eigenvalue weighted by Gasteiger charge is 2.04. The fourth-order valence-electron chi connectivity index (χ4n) is 1.53. The second-order valence-corrected chi connectivity index (χ2v) is 4.11. The maximum absolute atomic E-state index is 5.85. The van der Waals surface area contributed by atoms with Crippen LogP contribution in [-0.2, 0) is 12.5 Å². The molecule has 1 aromatic heterocycles. The van der Waals surface area contributed by atoms with Crippen LogP contribution >= 0.6 is 11.6 Å². The summed E-state index contributed by atoms with van der Waals surface area (Å²) in [5.74, 6) is 1.23. The van der Waals surface area contributed by atoms with Gasteiger partial charge in [-0.15, -0.1) is 11.6 Å². The third-order valence-electron chi connectivity index (χ3n) is 2.46. The van der Waals surface area contributed by atoms with Gasteiger partial charge in [0, 0.05) is 23.5 Å². The number of aromatic nitrogens is 1. The van der Waals surface area contributed by atoms with Crippen LogP contribution in [0.3, 0.4) is 0 Å². The van der Waals surface area contributed by atoms with Crippen molar-refractivity contribution in [1.82, 2.24) is 4.98 Å². The molecule has 3 heteroatoms. The SMILES string of the molecule is Cc1cc(OCc2ccccc2)c(CCl)cn1. The van der Waals surface area contributed by atoms with Crippen molar-refractivity contribution in [3.63, 3.8) is 0 Å². The Morgan fingerprint density at radius 3 is 2.71 bits per heavy atom. The van der Waals surface area contributed by atoms with Crippen LogP contribution in [0.4, 0.5) is 0 Å². The molecule has 1 aromatic carbocycles. The molecule has 0 saturated carbocycles.